The fraction of sp³-hybridized carbons (Fsp3) is 0.533. The van der Waals surface area contributed by atoms with Gasteiger partial charge in [0.2, 0.25) is 0 Å². The van der Waals surface area contributed by atoms with Crippen LogP contribution in [0.5, 0.6) is 0 Å². The number of carbonyl (C=O) groups excluding carboxylic acids is 1. The number of anilines is 1. The van der Waals surface area contributed by atoms with Gasteiger partial charge in [0.1, 0.15) is 0 Å². The Morgan fingerprint density at radius 3 is 2.75 bits per heavy atom. The normalized spacial score (nSPS) is 19.6. The molecule has 0 spiro atoms. The summed E-state index contributed by atoms with van der Waals surface area (Å²) in [5, 5.41) is 9.10. The van der Waals surface area contributed by atoms with E-state index >= 15 is 0 Å². The number of carbonyl (C=O) groups is 1. The molecule has 5 heteroatoms. The van der Waals surface area contributed by atoms with E-state index in [4.69, 9.17) is 4.74 Å². The van der Waals surface area contributed by atoms with Crippen LogP contribution in [0.1, 0.15) is 31.9 Å². The fourth-order valence-corrected chi connectivity index (χ4v) is 2.28. The maximum Gasteiger partial charge on any atom is 0.319 e. The summed E-state index contributed by atoms with van der Waals surface area (Å²) in [5.74, 6) is 0. The van der Waals surface area contributed by atoms with Crippen LogP contribution in [-0.2, 0) is 4.74 Å². The smallest absolute Gasteiger partial charge is 0.319 e. The van der Waals surface area contributed by atoms with Gasteiger partial charge in [-0.25, -0.2) is 4.79 Å². The predicted octanol–water partition coefficient (Wildman–Crippen LogP) is 2.27. The van der Waals surface area contributed by atoms with Gasteiger partial charge in [-0.3, -0.25) is 0 Å². The molecule has 0 bridgehead atoms. The van der Waals surface area contributed by atoms with E-state index in [9.17, 15) is 4.79 Å². The number of rotatable bonds is 5. The van der Waals surface area contributed by atoms with Crippen molar-refractivity contribution in [2.75, 3.05) is 25.1 Å². The minimum Gasteiger partial charge on any atom is -0.379 e. The second-order valence-corrected chi connectivity index (χ2v) is 5.06. The van der Waals surface area contributed by atoms with Gasteiger partial charge < -0.3 is 20.7 Å². The van der Waals surface area contributed by atoms with Gasteiger partial charge in [0.05, 0.1) is 12.6 Å². The quantitative estimate of drug-likeness (QED) is 0.773. The molecule has 1 aliphatic rings. The first kappa shape index (κ1) is 14.8. The average molecular weight is 277 g/mol. The number of benzene rings is 1. The highest BCUT2D eigenvalue weighted by atomic mass is 16.5. The van der Waals surface area contributed by atoms with Crippen LogP contribution < -0.4 is 16.0 Å². The summed E-state index contributed by atoms with van der Waals surface area (Å²) in [7, 11) is 0. The highest BCUT2D eigenvalue weighted by Gasteiger charge is 2.17. The van der Waals surface area contributed by atoms with E-state index in [1.807, 2.05) is 24.3 Å². The topological polar surface area (TPSA) is 62.4 Å². The van der Waals surface area contributed by atoms with Crippen molar-refractivity contribution >= 4 is 11.7 Å². The van der Waals surface area contributed by atoms with Gasteiger partial charge in [-0.1, -0.05) is 19.1 Å². The molecule has 0 radical (unpaired) electrons. The summed E-state index contributed by atoms with van der Waals surface area (Å²) in [6, 6.07) is 8.18. The Morgan fingerprint density at radius 2 is 2.15 bits per heavy atom. The number of ether oxygens (including phenoxy) is 1. The Hall–Kier alpha value is -1.59. The van der Waals surface area contributed by atoms with Crippen molar-refractivity contribution in [3.05, 3.63) is 29.8 Å². The molecular weight excluding hydrogens is 254 g/mol. The highest BCUT2D eigenvalue weighted by molar-refractivity contribution is 5.89. The third kappa shape index (κ3) is 4.21. The molecule has 2 unspecified atom stereocenters. The number of nitrogens with one attached hydrogen (secondary N) is 3. The van der Waals surface area contributed by atoms with E-state index in [0.717, 1.165) is 25.3 Å². The van der Waals surface area contributed by atoms with Crippen LogP contribution in [0.25, 0.3) is 0 Å². The fourth-order valence-electron chi connectivity index (χ4n) is 2.28. The number of hydrogen-bond donors (Lipinski definition) is 3. The van der Waals surface area contributed by atoms with E-state index in [2.05, 4.69) is 29.8 Å². The van der Waals surface area contributed by atoms with E-state index in [1.165, 1.54) is 5.56 Å². The molecular formula is C15H23N3O2. The van der Waals surface area contributed by atoms with Crippen LogP contribution in [0.2, 0.25) is 0 Å². The van der Waals surface area contributed by atoms with Crippen LogP contribution in [0, 0.1) is 0 Å². The van der Waals surface area contributed by atoms with Gasteiger partial charge in [-0.05, 0) is 37.6 Å². The van der Waals surface area contributed by atoms with Crippen LogP contribution in [0.15, 0.2) is 24.3 Å². The first-order chi connectivity index (χ1) is 9.69. The van der Waals surface area contributed by atoms with Crippen molar-refractivity contribution in [1.29, 1.82) is 0 Å². The lowest BCUT2D eigenvalue weighted by Crippen LogP contribution is -2.38. The lowest BCUT2D eigenvalue weighted by atomic mass is 10.1. The SMILES string of the molecule is CCNC(C)c1ccc(NC(=O)NC2CCOC2)cc1. The molecule has 3 N–H and O–H groups in total. The molecule has 1 aliphatic heterocycles. The summed E-state index contributed by atoms with van der Waals surface area (Å²) in [6.07, 6.45) is 0.882. The van der Waals surface area contributed by atoms with Gasteiger partial charge in [0.15, 0.2) is 0 Å². The second-order valence-electron chi connectivity index (χ2n) is 5.06. The van der Waals surface area contributed by atoms with E-state index < -0.39 is 0 Å². The zero-order valence-electron chi connectivity index (χ0n) is 12.1. The van der Waals surface area contributed by atoms with Gasteiger partial charge in [-0.2, -0.15) is 0 Å². The van der Waals surface area contributed by atoms with E-state index in [1.54, 1.807) is 0 Å². The number of amides is 2. The first-order valence-electron chi connectivity index (χ1n) is 7.17. The Labute approximate surface area is 120 Å². The lowest BCUT2D eigenvalue weighted by molar-refractivity contribution is 0.189. The van der Waals surface area contributed by atoms with Gasteiger partial charge in [-0.15, -0.1) is 0 Å². The average Bonchev–Trinajstić information content (AvgIpc) is 2.92. The molecule has 110 valence electrons. The summed E-state index contributed by atoms with van der Waals surface area (Å²) < 4.78 is 5.22. The van der Waals surface area contributed by atoms with Crippen LogP contribution in [0.3, 0.4) is 0 Å². The molecule has 1 fully saturated rings. The Balaban J connectivity index is 1.84. The van der Waals surface area contributed by atoms with Gasteiger partial charge in [0.25, 0.3) is 0 Å². The zero-order chi connectivity index (χ0) is 14.4. The minimum atomic E-state index is -0.173. The van der Waals surface area contributed by atoms with Crippen molar-refractivity contribution in [2.45, 2.75) is 32.4 Å². The standard InChI is InChI=1S/C15H23N3O2/c1-3-16-11(2)12-4-6-13(7-5-12)17-15(19)18-14-8-9-20-10-14/h4-7,11,14,16H,3,8-10H2,1-2H3,(H2,17,18,19). The van der Waals surface area contributed by atoms with Crippen molar-refractivity contribution in [1.82, 2.24) is 10.6 Å². The van der Waals surface area contributed by atoms with Gasteiger partial charge in [0, 0.05) is 18.3 Å². The van der Waals surface area contributed by atoms with E-state index in [0.29, 0.717) is 12.6 Å². The highest BCUT2D eigenvalue weighted by Crippen LogP contribution is 2.16. The van der Waals surface area contributed by atoms with Crippen LogP contribution in [-0.4, -0.2) is 31.8 Å². The molecule has 1 heterocycles. The Kier molecular flexibility index (Phi) is 5.38. The monoisotopic (exact) mass is 277 g/mol. The molecule has 2 atom stereocenters. The number of urea groups is 1. The molecule has 0 aliphatic carbocycles. The summed E-state index contributed by atoms with van der Waals surface area (Å²) in [4.78, 5) is 11.8. The molecule has 0 saturated carbocycles. The Bertz CT molecular complexity index is 427. The molecule has 1 saturated heterocycles. The summed E-state index contributed by atoms with van der Waals surface area (Å²) >= 11 is 0. The van der Waals surface area contributed by atoms with Crippen molar-refractivity contribution in [2.24, 2.45) is 0 Å². The first-order valence-corrected chi connectivity index (χ1v) is 7.17. The van der Waals surface area contributed by atoms with Crippen molar-refractivity contribution < 1.29 is 9.53 Å². The van der Waals surface area contributed by atoms with Crippen LogP contribution >= 0.6 is 0 Å². The van der Waals surface area contributed by atoms with Crippen molar-refractivity contribution in [3.8, 4) is 0 Å². The molecule has 1 aromatic carbocycles. The molecule has 1 aromatic rings. The maximum absolute atomic E-state index is 11.8. The van der Waals surface area contributed by atoms with Crippen LogP contribution in [0.4, 0.5) is 10.5 Å². The predicted molar refractivity (Wildman–Crippen MR) is 79.9 cm³/mol. The molecule has 2 amide bonds. The largest absolute Gasteiger partial charge is 0.379 e. The minimum absolute atomic E-state index is 0.128. The summed E-state index contributed by atoms with van der Waals surface area (Å²) in [5.41, 5.74) is 2.01. The lowest BCUT2D eigenvalue weighted by Gasteiger charge is -2.14. The maximum atomic E-state index is 11.8. The molecule has 2 rings (SSSR count). The third-order valence-corrected chi connectivity index (χ3v) is 3.44. The zero-order valence-corrected chi connectivity index (χ0v) is 12.1. The molecule has 20 heavy (non-hydrogen) atoms. The van der Waals surface area contributed by atoms with E-state index in [-0.39, 0.29) is 12.1 Å². The van der Waals surface area contributed by atoms with Crippen molar-refractivity contribution in [3.63, 3.8) is 0 Å². The molecule has 0 aromatic heterocycles. The number of hydrogen-bond acceptors (Lipinski definition) is 3. The second kappa shape index (κ2) is 7.26. The summed E-state index contributed by atoms with van der Waals surface area (Å²) in [6.45, 7) is 6.48. The Morgan fingerprint density at radius 1 is 1.40 bits per heavy atom. The third-order valence-electron chi connectivity index (χ3n) is 3.44. The molecule has 5 nitrogen and oxygen atoms in total. The van der Waals surface area contributed by atoms with Gasteiger partial charge >= 0.3 is 6.03 Å².